The van der Waals surface area contributed by atoms with Crippen molar-refractivity contribution in [3.63, 3.8) is 0 Å². The summed E-state index contributed by atoms with van der Waals surface area (Å²) < 4.78 is 5.02. The van der Waals surface area contributed by atoms with E-state index in [9.17, 15) is 0 Å². The van der Waals surface area contributed by atoms with Crippen molar-refractivity contribution in [2.24, 2.45) is 0 Å². The predicted molar refractivity (Wildman–Crippen MR) is 56.5 cm³/mol. The zero-order valence-electron chi connectivity index (χ0n) is 8.44. The Kier molecular flexibility index (Phi) is 2.68. The molecular weight excluding hydrogens is 214 g/mol. The highest BCUT2D eigenvalue weighted by molar-refractivity contribution is 6.20. The normalized spacial score (nSPS) is 12.7. The second-order valence-corrected chi connectivity index (χ2v) is 3.92. The average Bonchev–Trinajstić information content (AvgIpc) is 2.67. The largest absolute Gasteiger partial charge is 0.337 e. The van der Waals surface area contributed by atoms with Gasteiger partial charge in [0, 0.05) is 18.0 Å². The molecule has 2 aromatic rings. The van der Waals surface area contributed by atoms with Gasteiger partial charge >= 0.3 is 0 Å². The van der Waals surface area contributed by atoms with Crippen molar-refractivity contribution < 1.29 is 4.52 Å². The maximum absolute atomic E-state index is 5.84. The fourth-order valence-electron chi connectivity index (χ4n) is 1.23. The van der Waals surface area contributed by atoms with E-state index in [-0.39, 0.29) is 5.38 Å². The summed E-state index contributed by atoms with van der Waals surface area (Å²) in [5, 5.41) is 3.60. The quantitative estimate of drug-likeness (QED) is 0.735. The van der Waals surface area contributed by atoms with Crippen LogP contribution in [0.5, 0.6) is 0 Å². The third kappa shape index (κ3) is 1.99. The van der Waals surface area contributed by atoms with Crippen LogP contribution in [0.3, 0.4) is 0 Å². The van der Waals surface area contributed by atoms with Crippen LogP contribution in [0.1, 0.15) is 23.8 Å². The molecule has 0 aromatic carbocycles. The lowest BCUT2D eigenvalue weighted by atomic mass is 10.1. The molecule has 0 saturated carbocycles. The van der Waals surface area contributed by atoms with Gasteiger partial charge in [0.25, 0.3) is 0 Å². The predicted octanol–water partition coefficient (Wildman–Crippen LogP) is 2.74. The van der Waals surface area contributed by atoms with E-state index in [0.717, 1.165) is 11.1 Å². The van der Waals surface area contributed by atoms with Crippen LogP contribution in [0.2, 0.25) is 0 Å². The van der Waals surface area contributed by atoms with Crippen molar-refractivity contribution in [3.05, 3.63) is 29.9 Å². The van der Waals surface area contributed by atoms with Gasteiger partial charge < -0.3 is 4.52 Å². The summed E-state index contributed by atoms with van der Waals surface area (Å²) in [4.78, 5) is 8.20. The molecule has 0 fully saturated rings. The van der Waals surface area contributed by atoms with E-state index in [4.69, 9.17) is 16.1 Å². The molecule has 0 N–H and O–H groups in total. The molecule has 1 atom stereocenters. The maximum atomic E-state index is 5.84. The van der Waals surface area contributed by atoms with E-state index in [1.54, 1.807) is 19.3 Å². The number of halogens is 1. The highest BCUT2D eigenvalue weighted by atomic mass is 35.5. The minimum absolute atomic E-state index is 0.270. The van der Waals surface area contributed by atoms with Crippen LogP contribution >= 0.6 is 11.6 Å². The SMILES string of the molecule is Cc1cnccc1-c1noc(C(C)Cl)n1. The lowest BCUT2D eigenvalue weighted by Crippen LogP contribution is -1.88. The van der Waals surface area contributed by atoms with Crippen LogP contribution in [0.25, 0.3) is 11.4 Å². The molecule has 0 bridgehead atoms. The van der Waals surface area contributed by atoms with Gasteiger partial charge in [0.15, 0.2) is 0 Å². The first-order valence-corrected chi connectivity index (χ1v) is 5.01. The van der Waals surface area contributed by atoms with Crippen molar-refractivity contribution in [2.45, 2.75) is 19.2 Å². The van der Waals surface area contributed by atoms with Gasteiger partial charge in [-0.2, -0.15) is 4.98 Å². The van der Waals surface area contributed by atoms with E-state index in [0.29, 0.717) is 11.7 Å². The van der Waals surface area contributed by atoms with Crippen LogP contribution in [-0.2, 0) is 0 Å². The monoisotopic (exact) mass is 223 g/mol. The van der Waals surface area contributed by atoms with Gasteiger partial charge in [-0.05, 0) is 25.5 Å². The summed E-state index contributed by atoms with van der Waals surface area (Å²) in [6.07, 6.45) is 3.46. The first-order valence-electron chi connectivity index (χ1n) is 4.57. The number of aryl methyl sites for hydroxylation is 1. The Morgan fingerprint density at radius 2 is 2.27 bits per heavy atom. The van der Waals surface area contributed by atoms with Crippen LogP contribution in [0, 0.1) is 6.92 Å². The van der Waals surface area contributed by atoms with E-state index in [1.165, 1.54) is 0 Å². The smallest absolute Gasteiger partial charge is 0.244 e. The summed E-state index contributed by atoms with van der Waals surface area (Å²) >= 11 is 5.84. The van der Waals surface area contributed by atoms with Gasteiger partial charge in [-0.3, -0.25) is 4.98 Å². The Bertz CT molecular complexity index is 467. The average molecular weight is 224 g/mol. The molecule has 4 nitrogen and oxygen atoms in total. The lowest BCUT2D eigenvalue weighted by molar-refractivity contribution is 0.379. The number of rotatable bonds is 2. The Hall–Kier alpha value is -1.42. The van der Waals surface area contributed by atoms with Gasteiger partial charge in [0.1, 0.15) is 5.38 Å². The maximum Gasteiger partial charge on any atom is 0.244 e. The van der Waals surface area contributed by atoms with Crippen LogP contribution in [-0.4, -0.2) is 15.1 Å². The number of pyridine rings is 1. The highest BCUT2D eigenvalue weighted by Crippen LogP contribution is 2.23. The second kappa shape index (κ2) is 3.98. The van der Waals surface area contributed by atoms with Crippen LogP contribution in [0.15, 0.2) is 23.0 Å². The van der Waals surface area contributed by atoms with Crippen molar-refractivity contribution in [1.82, 2.24) is 15.1 Å². The Labute approximate surface area is 92.3 Å². The Morgan fingerprint density at radius 3 is 2.87 bits per heavy atom. The van der Waals surface area contributed by atoms with Crippen LogP contribution in [0.4, 0.5) is 0 Å². The Balaban J connectivity index is 2.42. The summed E-state index contributed by atoms with van der Waals surface area (Å²) in [5.41, 5.74) is 1.92. The van der Waals surface area contributed by atoms with E-state index in [2.05, 4.69) is 15.1 Å². The fraction of sp³-hybridized carbons (Fsp3) is 0.300. The van der Waals surface area contributed by atoms with Crippen LogP contribution < -0.4 is 0 Å². The minimum atomic E-state index is -0.270. The summed E-state index contributed by atoms with van der Waals surface area (Å²) in [7, 11) is 0. The number of nitrogens with zero attached hydrogens (tertiary/aromatic N) is 3. The number of aromatic nitrogens is 3. The van der Waals surface area contributed by atoms with Crippen molar-refractivity contribution in [3.8, 4) is 11.4 Å². The summed E-state index contributed by atoms with van der Waals surface area (Å²) in [6, 6.07) is 1.85. The van der Waals surface area contributed by atoms with Crippen molar-refractivity contribution in [2.75, 3.05) is 0 Å². The van der Waals surface area contributed by atoms with E-state index in [1.807, 2.05) is 13.0 Å². The molecule has 5 heteroatoms. The lowest BCUT2D eigenvalue weighted by Gasteiger charge is -1.97. The topological polar surface area (TPSA) is 51.8 Å². The molecule has 1 unspecified atom stereocenters. The zero-order valence-corrected chi connectivity index (χ0v) is 9.19. The van der Waals surface area contributed by atoms with Gasteiger partial charge in [0.05, 0.1) is 0 Å². The molecule has 0 spiro atoms. The van der Waals surface area contributed by atoms with Gasteiger partial charge in [-0.1, -0.05) is 5.16 Å². The van der Waals surface area contributed by atoms with Gasteiger partial charge in [-0.15, -0.1) is 11.6 Å². The number of hydrogen-bond acceptors (Lipinski definition) is 4. The van der Waals surface area contributed by atoms with Gasteiger partial charge in [-0.25, -0.2) is 0 Å². The molecule has 2 heterocycles. The fourth-order valence-corrected chi connectivity index (χ4v) is 1.32. The molecule has 2 aromatic heterocycles. The van der Waals surface area contributed by atoms with E-state index < -0.39 is 0 Å². The molecule has 0 aliphatic carbocycles. The second-order valence-electron chi connectivity index (χ2n) is 3.26. The standard InChI is InChI=1S/C10H10ClN3O/c1-6-5-12-4-3-8(6)9-13-10(7(2)11)15-14-9/h3-5,7H,1-2H3. The molecule has 0 aliphatic rings. The van der Waals surface area contributed by atoms with E-state index >= 15 is 0 Å². The number of alkyl halides is 1. The third-order valence-electron chi connectivity index (χ3n) is 2.04. The third-order valence-corrected chi connectivity index (χ3v) is 2.23. The van der Waals surface area contributed by atoms with Crippen molar-refractivity contribution >= 4 is 11.6 Å². The Morgan fingerprint density at radius 1 is 1.47 bits per heavy atom. The molecular formula is C10H10ClN3O. The highest BCUT2D eigenvalue weighted by Gasteiger charge is 2.13. The first-order chi connectivity index (χ1) is 7.18. The molecule has 0 radical (unpaired) electrons. The van der Waals surface area contributed by atoms with Gasteiger partial charge in [0.2, 0.25) is 11.7 Å². The molecule has 0 amide bonds. The minimum Gasteiger partial charge on any atom is -0.337 e. The number of hydrogen-bond donors (Lipinski definition) is 0. The summed E-state index contributed by atoms with van der Waals surface area (Å²) in [5.74, 6) is 0.986. The summed E-state index contributed by atoms with van der Waals surface area (Å²) in [6.45, 7) is 3.74. The molecule has 15 heavy (non-hydrogen) atoms. The molecule has 2 rings (SSSR count). The molecule has 0 saturated heterocycles. The van der Waals surface area contributed by atoms with Crippen molar-refractivity contribution in [1.29, 1.82) is 0 Å². The molecule has 78 valence electrons. The molecule has 0 aliphatic heterocycles. The first kappa shape index (κ1) is 10.1. The zero-order chi connectivity index (χ0) is 10.8.